The van der Waals surface area contributed by atoms with Gasteiger partial charge in [-0.1, -0.05) is 6.07 Å². The lowest BCUT2D eigenvalue weighted by molar-refractivity contribution is -0.113. The Morgan fingerprint density at radius 2 is 2.55 bits per heavy atom. The lowest BCUT2D eigenvalue weighted by Gasteiger charge is -2.14. The van der Waals surface area contributed by atoms with Crippen LogP contribution in [0.25, 0.3) is 0 Å². The van der Waals surface area contributed by atoms with Gasteiger partial charge in [-0.2, -0.15) is 0 Å². The maximum absolute atomic E-state index is 10.9. The van der Waals surface area contributed by atoms with E-state index in [4.69, 9.17) is 0 Å². The molecular weight excluding hydrogens is 158 g/mol. The largest absolute Gasteiger partial charge is 0.324 e. The number of hydrogen-bond donors (Lipinski definition) is 1. The summed E-state index contributed by atoms with van der Waals surface area (Å²) in [6.07, 6.45) is 0. The van der Waals surface area contributed by atoms with Crippen molar-refractivity contribution in [1.82, 2.24) is 0 Å². The molecule has 2 nitrogen and oxygen atoms in total. The van der Waals surface area contributed by atoms with E-state index in [0.717, 1.165) is 10.6 Å². The molecule has 1 radical (unpaired) electrons. The molecule has 0 unspecified atom stereocenters. The molecule has 1 amide bonds. The fraction of sp³-hybridized carbons (Fsp3) is 0.125. The first-order valence-corrected chi connectivity index (χ1v) is 4.27. The van der Waals surface area contributed by atoms with E-state index in [0.29, 0.717) is 5.75 Å². The summed E-state index contributed by atoms with van der Waals surface area (Å²) in [5.74, 6) is 0.596. The summed E-state index contributed by atoms with van der Waals surface area (Å²) >= 11 is 1.55. The van der Waals surface area contributed by atoms with Gasteiger partial charge in [-0.05, 0) is 18.2 Å². The zero-order valence-corrected chi connectivity index (χ0v) is 6.57. The number of benzene rings is 1. The van der Waals surface area contributed by atoms with Crippen molar-refractivity contribution in [1.29, 1.82) is 0 Å². The quantitative estimate of drug-likeness (QED) is 0.630. The van der Waals surface area contributed by atoms with Gasteiger partial charge in [0.15, 0.2) is 0 Å². The predicted molar refractivity (Wildman–Crippen MR) is 44.6 cm³/mol. The number of rotatable bonds is 0. The Morgan fingerprint density at radius 3 is 3.45 bits per heavy atom. The summed E-state index contributed by atoms with van der Waals surface area (Å²) in [5, 5.41) is 2.78. The summed E-state index contributed by atoms with van der Waals surface area (Å²) in [7, 11) is 0. The molecule has 0 atom stereocenters. The third kappa shape index (κ3) is 1.24. The van der Waals surface area contributed by atoms with Crippen molar-refractivity contribution in [2.24, 2.45) is 0 Å². The molecule has 0 fully saturated rings. The van der Waals surface area contributed by atoms with Gasteiger partial charge < -0.3 is 5.32 Å². The molecule has 3 heteroatoms. The van der Waals surface area contributed by atoms with E-state index in [1.54, 1.807) is 17.8 Å². The molecule has 11 heavy (non-hydrogen) atoms. The van der Waals surface area contributed by atoms with Gasteiger partial charge in [0.05, 0.1) is 11.4 Å². The van der Waals surface area contributed by atoms with Crippen LogP contribution in [0.15, 0.2) is 23.1 Å². The van der Waals surface area contributed by atoms with Crippen LogP contribution in [0.4, 0.5) is 5.69 Å². The first-order chi connectivity index (χ1) is 5.36. The standard InChI is InChI=1S/C8H6NOS/c10-8-5-11-7-4-2-1-3-6(7)9-8/h1,3-4H,5H2,(H,9,10). The van der Waals surface area contributed by atoms with Gasteiger partial charge in [-0.15, -0.1) is 11.8 Å². The Bertz CT molecular complexity index is 298. The number of fused-ring (bicyclic) bond motifs is 1. The number of carbonyl (C=O) groups is 1. The van der Waals surface area contributed by atoms with Crippen molar-refractivity contribution in [3.8, 4) is 0 Å². The van der Waals surface area contributed by atoms with Crippen LogP contribution in [0.2, 0.25) is 0 Å². The molecule has 0 saturated heterocycles. The van der Waals surface area contributed by atoms with E-state index in [1.807, 2.05) is 12.1 Å². The lowest BCUT2D eigenvalue weighted by Crippen LogP contribution is -2.18. The molecule has 1 aromatic rings. The Balaban J connectivity index is 2.41. The average Bonchev–Trinajstić information content (AvgIpc) is 2.04. The van der Waals surface area contributed by atoms with E-state index < -0.39 is 0 Å². The second kappa shape index (κ2) is 2.58. The molecule has 0 aliphatic carbocycles. The van der Waals surface area contributed by atoms with Crippen LogP contribution >= 0.6 is 11.8 Å². The molecule has 0 bridgehead atoms. The van der Waals surface area contributed by atoms with E-state index in [9.17, 15) is 4.79 Å². The third-order valence-corrected chi connectivity index (χ3v) is 2.51. The number of hydrogen-bond acceptors (Lipinski definition) is 2. The maximum atomic E-state index is 10.9. The summed E-state index contributed by atoms with van der Waals surface area (Å²) < 4.78 is 0. The van der Waals surface area contributed by atoms with E-state index in [2.05, 4.69) is 11.4 Å². The highest BCUT2D eigenvalue weighted by Crippen LogP contribution is 2.30. The summed E-state index contributed by atoms with van der Waals surface area (Å²) in [5.41, 5.74) is 0.907. The third-order valence-electron chi connectivity index (χ3n) is 1.46. The zero-order valence-electron chi connectivity index (χ0n) is 5.76. The normalized spacial score (nSPS) is 15.5. The molecule has 55 valence electrons. The number of thioether (sulfide) groups is 1. The highest BCUT2D eigenvalue weighted by atomic mass is 32.2. The smallest absolute Gasteiger partial charge is 0.234 e. The number of carbonyl (C=O) groups excluding carboxylic acids is 1. The van der Waals surface area contributed by atoms with Crippen LogP contribution in [-0.4, -0.2) is 11.7 Å². The van der Waals surface area contributed by atoms with E-state index in [-0.39, 0.29) is 5.91 Å². The Hall–Kier alpha value is -0.960. The van der Waals surface area contributed by atoms with Crippen LogP contribution in [0, 0.1) is 6.07 Å². The van der Waals surface area contributed by atoms with Crippen LogP contribution in [-0.2, 0) is 4.79 Å². The second-order valence-electron chi connectivity index (χ2n) is 2.26. The van der Waals surface area contributed by atoms with Gasteiger partial charge in [0.25, 0.3) is 0 Å². The van der Waals surface area contributed by atoms with Gasteiger partial charge >= 0.3 is 0 Å². The lowest BCUT2D eigenvalue weighted by atomic mass is 10.3. The summed E-state index contributed by atoms with van der Waals surface area (Å²) in [6, 6.07) is 8.51. The van der Waals surface area contributed by atoms with Gasteiger partial charge in [-0.3, -0.25) is 4.79 Å². The SMILES string of the molecule is O=C1CSc2c[c]ccc2N1. The summed E-state index contributed by atoms with van der Waals surface area (Å²) in [4.78, 5) is 12.0. The molecule has 0 aromatic heterocycles. The molecular formula is C8H6NOS. The fourth-order valence-electron chi connectivity index (χ4n) is 0.967. The van der Waals surface area contributed by atoms with Crippen LogP contribution in [0.1, 0.15) is 0 Å². The molecule has 0 spiro atoms. The Kier molecular flexibility index (Phi) is 1.58. The molecule has 1 aromatic carbocycles. The van der Waals surface area contributed by atoms with Crippen molar-refractivity contribution >= 4 is 23.4 Å². The molecule has 0 saturated carbocycles. The van der Waals surface area contributed by atoms with Gasteiger partial charge in [0.1, 0.15) is 0 Å². The molecule has 1 heterocycles. The minimum atomic E-state index is 0.0775. The average molecular weight is 164 g/mol. The topological polar surface area (TPSA) is 29.1 Å². The maximum Gasteiger partial charge on any atom is 0.234 e. The Labute approximate surface area is 69.0 Å². The van der Waals surface area contributed by atoms with Crippen LogP contribution in [0.3, 0.4) is 0 Å². The first kappa shape index (κ1) is 6.73. The second-order valence-corrected chi connectivity index (χ2v) is 3.28. The minimum Gasteiger partial charge on any atom is -0.324 e. The van der Waals surface area contributed by atoms with Crippen LogP contribution < -0.4 is 5.32 Å². The molecule has 2 rings (SSSR count). The zero-order chi connectivity index (χ0) is 7.68. The van der Waals surface area contributed by atoms with Crippen molar-refractivity contribution in [3.05, 3.63) is 24.3 Å². The van der Waals surface area contributed by atoms with Crippen molar-refractivity contribution in [2.45, 2.75) is 4.90 Å². The molecule has 1 aliphatic rings. The van der Waals surface area contributed by atoms with Gasteiger partial charge in [0.2, 0.25) is 5.91 Å². The van der Waals surface area contributed by atoms with Gasteiger partial charge in [0, 0.05) is 4.90 Å². The first-order valence-electron chi connectivity index (χ1n) is 3.29. The predicted octanol–water partition coefficient (Wildman–Crippen LogP) is 1.53. The Morgan fingerprint density at radius 1 is 1.64 bits per heavy atom. The minimum absolute atomic E-state index is 0.0775. The summed E-state index contributed by atoms with van der Waals surface area (Å²) in [6.45, 7) is 0. The van der Waals surface area contributed by atoms with Crippen molar-refractivity contribution < 1.29 is 4.79 Å². The van der Waals surface area contributed by atoms with Crippen molar-refractivity contribution in [3.63, 3.8) is 0 Å². The number of amides is 1. The van der Waals surface area contributed by atoms with Crippen molar-refractivity contribution in [2.75, 3.05) is 11.1 Å². The van der Waals surface area contributed by atoms with E-state index >= 15 is 0 Å². The molecule has 1 aliphatic heterocycles. The molecule has 1 N–H and O–H groups in total. The highest BCUT2D eigenvalue weighted by Gasteiger charge is 2.13. The number of nitrogens with one attached hydrogen (secondary N) is 1. The number of anilines is 1. The highest BCUT2D eigenvalue weighted by molar-refractivity contribution is 8.00. The van der Waals surface area contributed by atoms with Crippen LogP contribution in [0.5, 0.6) is 0 Å². The fourth-order valence-corrected chi connectivity index (χ4v) is 1.75. The monoisotopic (exact) mass is 164 g/mol. The van der Waals surface area contributed by atoms with E-state index in [1.165, 1.54) is 0 Å². The van der Waals surface area contributed by atoms with Gasteiger partial charge in [-0.25, -0.2) is 0 Å².